The predicted molar refractivity (Wildman–Crippen MR) is 108 cm³/mol. The van der Waals surface area contributed by atoms with Gasteiger partial charge in [-0.1, -0.05) is 0 Å². The van der Waals surface area contributed by atoms with Gasteiger partial charge in [-0.25, -0.2) is 19.2 Å². The minimum Gasteiger partial charge on any atom is -0.444 e. The second-order valence-corrected chi connectivity index (χ2v) is 9.28. The van der Waals surface area contributed by atoms with E-state index in [1.807, 2.05) is 25.7 Å². The van der Waals surface area contributed by atoms with Gasteiger partial charge in [0.05, 0.1) is 12.4 Å². The van der Waals surface area contributed by atoms with E-state index < -0.39 is 11.4 Å². The Hall–Kier alpha value is -1.76. The van der Waals surface area contributed by atoms with Crippen molar-refractivity contribution in [1.82, 2.24) is 14.9 Å². The van der Waals surface area contributed by atoms with E-state index in [4.69, 9.17) is 9.47 Å². The molecule has 2 fully saturated rings. The van der Waals surface area contributed by atoms with E-state index in [2.05, 4.69) is 9.97 Å². The van der Waals surface area contributed by atoms with E-state index in [-0.39, 0.29) is 12.1 Å². The van der Waals surface area contributed by atoms with Crippen molar-refractivity contribution in [2.75, 3.05) is 19.8 Å². The monoisotopic (exact) mass is 407 g/mol. The molecule has 0 atom stereocenters. The van der Waals surface area contributed by atoms with Crippen LogP contribution < -0.4 is 0 Å². The van der Waals surface area contributed by atoms with Crippen molar-refractivity contribution < 1.29 is 18.7 Å². The summed E-state index contributed by atoms with van der Waals surface area (Å²) in [5, 5.41) is 0. The summed E-state index contributed by atoms with van der Waals surface area (Å²) < 4.78 is 24.2. The van der Waals surface area contributed by atoms with Crippen molar-refractivity contribution in [3.8, 4) is 0 Å². The topological polar surface area (TPSA) is 64.5 Å². The third-order valence-electron chi connectivity index (χ3n) is 5.89. The Kier molecular flexibility index (Phi) is 7.44. The van der Waals surface area contributed by atoms with Gasteiger partial charge in [0.1, 0.15) is 11.4 Å². The molecule has 0 spiro atoms. The van der Waals surface area contributed by atoms with Crippen LogP contribution in [0.15, 0.2) is 12.4 Å². The van der Waals surface area contributed by atoms with Gasteiger partial charge in [0, 0.05) is 31.7 Å². The van der Waals surface area contributed by atoms with E-state index in [1.54, 1.807) is 0 Å². The first kappa shape index (κ1) is 21.9. The highest BCUT2D eigenvalue weighted by atomic mass is 19.1. The van der Waals surface area contributed by atoms with Crippen molar-refractivity contribution in [2.24, 2.45) is 5.92 Å². The third kappa shape index (κ3) is 6.63. The van der Waals surface area contributed by atoms with Crippen LogP contribution in [0.3, 0.4) is 0 Å². The van der Waals surface area contributed by atoms with Gasteiger partial charge in [-0.15, -0.1) is 0 Å². The molecule has 2 heterocycles. The Morgan fingerprint density at radius 1 is 1.14 bits per heavy atom. The smallest absolute Gasteiger partial charge is 0.410 e. The lowest BCUT2D eigenvalue weighted by Gasteiger charge is -2.37. The van der Waals surface area contributed by atoms with Crippen LogP contribution in [0.5, 0.6) is 0 Å². The molecule has 0 radical (unpaired) electrons. The maximum atomic E-state index is 13.0. The van der Waals surface area contributed by atoms with Crippen LogP contribution >= 0.6 is 0 Å². The van der Waals surface area contributed by atoms with Crippen LogP contribution in [0.4, 0.5) is 9.18 Å². The molecule has 162 valence electrons. The maximum absolute atomic E-state index is 13.0. The largest absolute Gasteiger partial charge is 0.444 e. The molecular formula is C22H34FN3O3. The van der Waals surface area contributed by atoms with Crippen molar-refractivity contribution in [2.45, 2.75) is 83.3 Å². The molecule has 1 aliphatic carbocycles. The molecule has 3 rings (SSSR count). The average molecular weight is 408 g/mol. The third-order valence-corrected chi connectivity index (χ3v) is 5.89. The van der Waals surface area contributed by atoms with E-state index in [1.165, 1.54) is 12.4 Å². The first-order valence-corrected chi connectivity index (χ1v) is 10.9. The number of halogens is 1. The van der Waals surface area contributed by atoms with Gasteiger partial charge in [0.15, 0.2) is 5.82 Å². The predicted octanol–water partition coefficient (Wildman–Crippen LogP) is 4.70. The van der Waals surface area contributed by atoms with E-state index in [0.29, 0.717) is 25.0 Å². The summed E-state index contributed by atoms with van der Waals surface area (Å²) in [5.74, 6) is 1.25. The van der Waals surface area contributed by atoms with Crippen molar-refractivity contribution in [3.05, 3.63) is 24.0 Å². The number of hydrogen-bond donors (Lipinski definition) is 0. The molecule has 1 saturated carbocycles. The molecule has 29 heavy (non-hydrogen) atoms. The van der Waals surface area contributed by atoms with Gasteiger partial charge in [0.25, 0.3) is 0 Å². The standard InChI is InChI=1S/C22H34FN3O3/c1-22(2,3)29-21(27)26(19-9-12-28-13-10-19)11-8-16-4-6-17(7-5-16)20-24-14-18(23)15-25-20/h14-17,19H,4-13H2,1-3H3. The van der Waals surface area contributed by atoms with Crippen LogP contribution in [0.2, 0.25) is 0 Å². The van der Waals surface area contributed by atoms with Crippen LogP contribution in [0, 0.1) is 11.7 Å². The maximum Gasteiger partial charge on any atom is 0.410 e. The van der Waals surface area contributed by atoms with Gasteiger partial charge in [-0.3, -0.25) is 0 Å². The zero-order chi connectivity index (χ0) is 20.9. The lowest BCUT2D eigenvalue weighted by atomic mass is 9.80. The van der Waals surface area contributed by atoms with E-state index >= 15 is 0 Å². The molecule has 2 aliphatic rings. The normalized spacial score (nSPS) is 23.6. The number of carbonyl (C=O) groups is 1. The summed E-state index contributed by atoms with van der Waals surface area (Å²) >= 11 is 0. The minimum atomic E-state index is -0.492. The fraction of sp³-hybridized carbons (Fsp3) is 0.773. The summed E-state index contributed by atoms with van der Waals surface area (Å²) in [5.41, 5.74) is -0.492. The zero-order valence-electron chi connectivity index (χ0n) is 17.9. The summed E-state index contributed by atoms with van der Waals surface area (Å²) in [7, 11) is 0. The highest BCUT2D eigenvalue weighted by molar-refractivity contribution is 5.68. The summed E-state index contributed by atoms with van der Waals surface area (Å²) in [6, 6.07) is 0.197. The van der Waals surface area contributed by atoms with Crippen LogP contribution in [-0.2, 0) is 9.47 Å². The molecule has 0 aromatic carbocycles. The SMILES string of the molecule is CC(C)(C)OC(=O)N(CCC1CCC(c2ncc(F)cn2)CC1)C1CCOCC1. The average Bonchev–Trinajstić information content (AvgIpc) is 2.69. The van der Waals surface area contributed by atoms with Crippen molar-refractivity contribution in [3.63, 3.8) is 0 Å². The fourth-order valence-electron chi connectivity index (χ4n) is 4.30. The molecule has 0 unspecified atom stereocenters. The Morgan fingerprint density at radius 3 is 2.34 bits per heavy atom. The highest BCUT2D eigenvalue weighted by Gasteiger charge is 2.31. The molecule has 1 aromatic heterocycles. The van der Waals surface area contributed by atoms with Gasteiger partial charge >= 0.3 is 6.09 Å². The summed E-state index contributed by atoms with van der Waals surface area (Å²) in [6.07, 6.45) is 9.21. The molecule has 1 aliphatic heterocycles. The number of nitrogens with zero attached hydrogens (tertiary/aromatic N) is 3. The molecule has 1 saturated heterocycles. The number of aromatic nitrogens is 2. The number of carbonyl (C=O) groups excluding carboxylic acids is 1. The molecular weight excluding hydrogens is 373 g/mol. The van der Waals surface area contributed by atoms with E-state index in [9.17, 15) is 9.18 Å². The summed E-state index contributed by atoms with van der Waals surface area (Å²) in [6.45, 7) is 7.85. The van der Waals surface area contributed by atoms with Gasteiger partial charge in [-0.2, -0.15) is 0 Å². The molecule has 7 heteroatoms. The number of ether oxygens (including phenoxy) is 2. The first-order valence-electron chi connectivity index (χ1n) is 10.9. The van der Waals surface area contributed by atoms with Gasteiger partial charge in [-0.05, 0) is 71.6 Å². The summed E-state index contributed by atoms with van der Waals surface area (Å²) in [4.78, 5) is 23.0. The molecule has 1 amide bonds. The first-order chi connectivity index (χ1) is 13.8. The number of hydrogen-bond acceptors (Lipinski definition) is 5. The molecule has 1 aromatic rings. The molecule has 0 bridgehead atoms. The van der Waals surface area contributed by atoms with Crippen LogP contribution in [0.1, 0.15) is 77.5 Å². The zero-order valence-corrected chi connectivity index (χ0v) is 17.9. The molecule has 0 N–H and O–H groups in total. The molecule has 6 nitrogen and oxygen atoms in total. The van der Waals surface area contributed by atoms with Crippen molar-refractivity contribution >= 4 is 6.09 Å². The van der Waals surface area contributed by atoms with Crippen molar-refractivity contribution in [1.29, 1.82) is 0 Å². The quantitative estimate of drug-likeness (QED) is 0.708. The Labute approximate surface area is 173 Å². The second kappa shape index (κ2) is 9.83. The van der Waals surface area contributed by atoms with Crippen LogP contribution in [0.25, 0.3) is 0 Å². The van der Waals surface area contributed by atoms with Gasteiger partial charge < -0.3 is 14.4 Å². The second-order valence-electron chi connectivity index (χ2n) is 9.28. The van der Waals surface area contributed by atoms with E-state index in [0.717, 1.165) is 57.3 Å². The number of rotatable bonds is 5. The highest BCUT2D eigenvalue weighted by Crippen LogP contribution is 2.36. The number of amides is 1. The lowest BCUT2D eigenvalue weighted by Crippen LogP contribution is -2.46. The van der Waals surface area contributed by atoms with Crippen LogP contribution in [-0.4, -0.2) is 52.4 Å². The Balaban J connectivity index is 1.52. The Bertz CT molecular complexity index is 648. The minimum absolute atomic E-state index is 0.197. The fourth-order valence-corrected chi connectivity index (χ4v) is 4.30. The lowest BCUT2D eigenvalue weighted by molar-refractivity contribution is -0.00732. The Morgan fingerprint density at radius 2 is 1.76 bits per heavy atom. The van der Waals surface area contributed by atoms with Gasteiger partial charge in [0.2, 0.25) is 0 Å².